The number of imidazole rings is 1. The number of aryl methyl sites for hydroxylation is 1. The highest BCUT2D eigenvalue weighted by Gasteiger charge is 2.41. The molecule has 2 heterocycles. The second-order valence-corrected chi connectivity index (χ2v) is 9.22. The monoisotopic (exact) mass is 433 g/mol. The number of hydrogen-bond donors (Lipinski definition) is 0. The van der Waals surface area contributed by atoms with Crippen molar-refractivity contribution < 1.29 is 21.9 Å². The van der Waals surface area contributed by atoms with Crippen LogP contribution in [0.5, 0.6) is 0 Å². The topological polar surface area (TPSA) is 64.4 Å². The lowest BCUT2D eigenvalue weighted by atomic mass is 9.96. The van der Waals surface area contributed by atoms with Crippen LogP contribution in [-0.4, -0.2) is 41.5 Å². The summed E-state index contributed by atoms with van der Waals surface area (Å²) in [6.07, 6.45) is 2.44. The zero-order chi connectivity index (χ0) is 21.3. The van der Waals surface area contributed by atoms with E-state index in [1.54, 1.807) is 35.9 Å². The predicted octanol–water partition coefficient (Wildman–Crippen LogP) is 3.07. The van der Waals surface area contributed by atoms with Gasteiger partial charge in [0.1, 0.15) is 11.6 Å². The molecule has 158 valence electrons. The molecule has 1 aromatic heterocycles. The van der Waals surface area contributed by atoms with Gasteiger partial charge in [-0.15, -0.1) is 0 Å². The van der Waals surface area contributed by atoms with E-state index < -0.39 is 16.1 Å². The van der Waals surface area contributed by atoms with Crippen LogP contribution in [0.1, 0.15) is 17.0 Å². The molecule has 0 saturated carbocycles. The number of halogens is 2. The quantitative estimate of drug-likeness (QED) is 0.599. The number of sulfonamides is 1. The average molecular weight is 433 g/mol. The molecule has 2 unspecified atom stereocenters. The van der Waals surface area contributed by atoms with E-state index in [0.717, 1.165) is 11.1 Å². The van der Waals surface area contributed by atoms with Crippen LogP contribution < -0.4 is 0 Å². The minimum Gasteiger partial charge on any atom is -0.371 e. The maximum absolute atomic E-state index is 13.4. The molecular formula is C21H21F2N3O3S. The fourth-order valence-corrected chi connectivity index (χ4v) is 5.02. The predicted molar refractivity (Wildman–Crippen MR) is 106 cm³/mol. The van der Waals surface area contributed by atoms with Crippen LogP contribution in [0.3, 0.4) is 0 Å². The van der Waals surface area contributed by atoms with Gasteiger partial charge in [0.15, 0.2) is 5.03 Å². The van der Waals surface area contributed by atoms with E-state index in [9.17, 15) is 17.2 Å². The molecule has 4 rings (SSSR count). The van der Waals surface area contributed by atoms with Crippen LogP contribution in [0, 0.1) is 11.6 Å². The summed E-state index contributed by atoms with van der Waals surface area (Å²) < 4.78 is 61.5. The molecule has 1 aliphatic heterocycles. The number of aromatic nitrogens is 2. The molecule has 0 aliphatic carbocycles. The first-order valence-corrected chi connectivity index (χ1v) is 10.9. The molecule has 0 spiro atoms. The summed E-state index contributed by atoms with van der Waals surface area (Å²) in [5, 5.41) is -0.0259. The molecule has 1 aliphatic rings. The molecule has 0 bridgehead atoms. The Morgan fingerprint density at radius 3 is 2.27 bits per heavy atom. The molecule has 30 heavy (non-hydrogen) atoms. The Balaban J connectivity index is 1.58. The third-order valence-electron chi connectivity index (χ3n) is 5.19. The van der Waals surface area contributed by atoms with Crippen molar-refractivity contribution in [1.82, 2.24) is 13.9 Å². The Kier molecular flexibility index (Phi) is 5.68. The van der Waals surface area contributed by atoms with Crippen molar-refractivity contribution >= 4 is 10.0 Å². The van der Waals surface area contributed by atoms with E-state index in [4.69, 9.17) is 4.74 Å². The Hall–Kier alpha value is -2.62. The van der Waals surface area contributed by atoms with Gasteiger partial charge in [0.2, 0.25) is 0 Å². The number of nitrogens with zero attached hydrogens (tertiary/aromatic N) is 3. The third kappa shape index (κ3) is 4.28. The summed E-state index contributed by atoms with van der Waals surface area (Å²) in [5.74, 6) is -0.973. The van der Waals surface area contributed by atoms with Crippen LogP contribution >= 0.6 is 0 Å². The fraction of sp³-hybridized carbons (Fsp3) is 0.286. The van der Waals surface area contributed by atoms with Crippen LogP contribution in [0.15, 0.2) is 66.1 Å². The Morgan fingerprint density at radius 1 is 1.03 bits per heavy atom. The van der Waals surface area contributed by atoms with Crippen LogP contribution in [0.4, 0.5) is 8.78 Å². The van der Waals surface area contributed by atoms with Gasteiger partial charge in [0.05, 0.1) is 19.0 Å². The van der Waals surface area contributed by atoms with Gasteiger partial charge in [-0.1, -0.05) is 24.3 Å². The summed E-state index contributed by atoms with van der Waals surface area (Å²) in [5.41, 5.74) is 1.57. The van der Waals surface area contributed by atoms with Crippen molar-refractivity contribution in [3.63, 3.8) is 0 Å². The SMILES string of the molecule is Cn1cnc(S(=O)(=O)N2CC(OCc3ccc(F)cc3)C(c3ccc(F)cc3)C2)c1. The maximum Gasteiger partial charge on any atom is 0.262 e. The second kappa shape index (κ2) is 8.25. The minimum atomic E-state index is -3.79. The lowest BCUT2D eigenvalue weighted by molar-refractivity contribution is 0.0407. The van der Waals surface area contributed by atoms with E-state index in [0.29, 0.717) is 0 Å². The molecule has 2 atom stereocenters. The van der Waals surface area contributed by atoms with Gasteiger partial charge >= 0.3 is 0 Å². The smallest absolute Gasteiger partial charge is 0.262 e. The number of ether oxygens (including phenoxy) is 1. The largest absolute Gasteiger partial charge is 0.371 e. The van der Waals surface area contributed by atoms with Crippen molar-refractivity contribution in [3.8, 4) is 0 Å². The van der Waals surface area contributed by atoms with Crippen molar-refractivity contribution in [2.75, 3.05) is 13.1 Å². The summed E-state index contributed by atoms with van der Waals surface area (Å²) in [6.45, 7) is 0.543. The molecule has 2 aromatic carbocycles. The van der Waals surface area contributed by atoms with Crippen molar-refractivity contribution in [3.05, 3.63) is 83.8 Å². The maximum atomic E-state index is 13.4. The molecule has 9 heteroatoms. The molecule has 3 aromatic rings. The summed E-state index contributed by atoms with van der Waals surface area (Å²) in [4.78, 5) is 3.98. The summed E-state index contributed by atoms with van der Waals surface area (Å²) in [6, 6.07) is 11.9. The van der Waals surface area contributed by atoms with Gasteiger partial charge in [-0.25, -0.2) is 22.2 Å². The molecular weight excluding hydrogens is 412 g/mol. The Labute approximate surface area is 173 Å². The van der Waals surface area contributed by atoms with Gasteiger partial charge < -0.3 is 9.30 Å². The van der Waals surface area contributed by atoms with Crippen molar-refractivity contribution in [1.29, 1.82) is 0 Å². The zero-order valence-electron chi connectivity index (χ0n) is 16.3. The van der Waals surface area contributed by atoms with Gasteiger partial charge in [-0.3, -0.25) is 0 Å². The molecule has 6 nitrogen and oxygen atoms in total. The number of rotatable bonds is 6. The van der Waals surface area contributed by atoms with E-state index in [2.05, 4.69) is 4.98 Å². The second-order valence-electron chi connectivity index (χ2n) is 7.33. The highest BCUT2D eigenvalue weighted by atomic mass is 32.2. The lowest BCUT2D eigenvalue weighted by Gasteiger charge is -2.19. The molecule has 1 fully saturated rings. The normalized spacial score (nSPS) is 20.0. The molecule has 0 amide bonds. The standard InChI is InChI=1S/C21H21F2N3O3S/c1-25-12-21(24-14-25)30(27,28)26-10-19(16-4-8-18(23)9-5-16)20(11-26)29-13-15-2-6-17(22)7-3-15/h2-9,12,14,19-20H,10-11,13H2,1H3. The van der Waals surface area contributed by atoms with E-state index in [-0.39, 0.29) is 42.3 Å². The first-order valence-electron chi connectivity index (χ1n) is 9.42. The molecule has 1 saturated heterocycles. The van der Waals surface area contributed by atoms with E-state index >= 15 is 0 Å². The van der Waals surface area contributed by atoms with E-state index in [1.807, 2.05) is 0 Å². The average Bonchev–Trinajstić information content (AvgIpc) is 3.35. The summed E-state index contributed by atoms with van der Waals surface area (Å²) in [7, 11) is -2.09. The first-order chi connectivity index (χ1) is 14.3. The minimum absolute atomic E-state index is 0.0259. The third-order valence-corrected chi connectivity index (χ3v) is 6.91. The van der Waals surface area contributed by atoms with E-state index in [1.165, 1.54) is 41.1 Å². The summed E-state index contributed by atoms with van der Waals surface area (Å²) >= 11 is 0. The lowest BCUT2D eigenvalue weighted by Crippen LogP contribution is -2.30. The van der Waals surface area contributed by atoms with Crippen molar-refractivity contribution in [2.45, 2.75) is 23.7 Å². The zero-order valence-corrected chi connectivity index (χ0v) is 17.1. The van der Waals surface area contributed by atoms with Crippen LogP contribution in [-0.2, 0) is 28.4 Å². The van der Waals surface area contributed by atoms with Gasteiger partial charge in [-0.05, 0) is 35.4 Å². The van der Waals surface area contributed by atoms with Crippen LogP contribution in [0.2, 0.25) is 0 Å². The Bertz CT molecular complexity index is 1120. The highest BCUT2D eigenvalue weighted by molar-refractivity contribution is 7.89. The first kappa shape index (κ1) is 20.6. The fourth-order valence-electron chi connectivity index (χ4n) is 3.57. The number of hydrogen-bond acceptors (Lipinski definition) is 4. The molecule has 0 N–H and O–H groups in total. The Morgan fingerprint density at radius 2 is 1.67 bits per heavy atom. The van der Waals surface area contributed by atoms with Crippen molar-refractivity contribution in [2.24, 2.45) is 7.05 Å². The highest BCUT2D eigenvalue weighted by Crippen LogP contribution is 2.33. The van der Waals surface area contributed by atoms with Gasteiger partial charge in [0, 0.05) is 32.3 Å². The number of benzene rings is 2. The van der Waals surface area contributed by atoms with Gasteiger partial charge in [0.25, 0.3) is 10.0 Å². The molecule has 0 radical (unpaired) electrons. The van der Waals surface area contributed by atoms with Crippen LogP contribution in [0.25, 0.3) is 0 Å². The van der Waals surface area contributed by atoms with Gasteiger partial charge in [-0.2, -0.15) is 4.31 Å².